The highest BCUT2D eigenvalue weighted by Crippen LogP contribution is 2.11. The number of hydrogen-bond donors (Lipinski definition) is 3. The molecule has 4 heteroatoms. The van der Waals surface area contributed by atoms with Gasteiger partial charge in [-0.2, -0.15) is 0 Å². The molecule has 70 valence electrons. The number of phenols is 1. The number of phenolic OH excluding ortho intramolecular Hbond substituents is 1. The number of carboxylic acid groups (broad SMARTS) is 1. The Morgan fingerprint density at radius 2 is 2.92 bits per heavy atom. The third kappa shape index (κ3) is 2.76. The van der Waals surface area contributed by atoms with Crippen LogP contribution >= 0.6 is 0 Å². The molecule has 13 heavy (non-hydrogen) atoms. The predicted molar refractivity (Wildman–Crippen MR) is 47.4 cm³/mol. The topological polar surface area (TPSA) is 83.5 Å². The number of carbonyl (C=O) groups is 1. The fourth-order valence-corrected chi connectivity index (χ4v) is 0.733. The summed E-state index contributed by atoms with van der Waals surface area (Å²) in [6, 6.07) is -0.190. The molecule has 4 nitrogen and oxygen atoms in total. The summed E-state index contributed by atoms with van der Waals surface area (Å²) in [5.74, 6) is -1.56. The zero-order valence-corrected chi connectivity index (χ0v) is 6.48. The zero-order valence-electron chi connectivity index (χ0n) is 13.5. The van der Waals surface area contributed by atoms with E-state index in [1.54, 1.807) is 0 Å². The van der Waals surface area contributed by atoms with E-state index >= 15 is 0 Å². The van der Waals surface area contributed by atoms with Crippen molar-refractivity contribution in [3.8, 4) is 5.75 Å². The van der Waals surface area contributed by atoms with Crippen molar-refractivity contribution in [2.45, 2.75) is 12.4 Å². The molecular formula is C9H11NO3. The van der Waals surface area contributed by atoms with E-state index in [1.165, 1.54) is 12.1 Å². The van der Waals surface area contributed by atoms with Gasteiger partial charge in [-0.15, -0.1) is 0 Å². The quantitative estimate of drug-likeness (QED) is 0.622. The Kier molecular flexibility index (Phi) is 1.10. The molecule has 0 aromatic heterocycles. The zero-order chi connectivity index (χ0) is 15.4. The van der Waals surface area contributed by atoms with Crippen LogP contribution in [0.1, 0.15) is 9.68 Å². The Labute approximate surface area is 85.7 Å². The van der Waals surface area contributed by atoms with Crippen molar-refractivity contribution in [3.63, 3.8) is 0 Å². The van der Waals surface area contributed by atoms with E-state index in [9.17, 15) is 4.79 Å². The molecule has 1 unspecified atom stereocenters. The van der Waals surface area contributed by atoms with Gasteiger partial charge in [0.05, 0.1) is 2.74 Å². The fraction of sp³-hybridized carbons (Fsp3) is 0.222. The van der Waals surface area contributed by atoms with Gasteiger partial charge in [-0.1, -0.05) is 12.1 Å². The summed E-state index contributed by atoms with van der Waals surface area (Å²) in [4.78, 5) is 11.3. The molecule has 0 spiro atoms. The van der Waals surface area contributed by atoms with Crippen molar-refractivity contribution in [2.24, 2.45) is 5.72 Å². The van der Waals surface area contributed by atoms with Gasteiger partial charge in [0, 0.05) is 1.37 Å². The summed E-state index contributed by atoms with van der Waals surface area (Å²) in [7, 11) is 0. The van der Waals surface area contributed by atoms with Crippen LogP contribution in [0.15, 0.2) is 24.2 Å². The first kappa shape index (κ1) is 3.67. The summed E-state index contributed by atoms with van der Waals surface area (Å²) >= 11 is 0. The first-order chi connectivity index (χ1) is 9.34. The highest BCUT2D eigenvalue weighted by molar-refractivity contribution is 5.73. The minimum atomic E-state index is -1.80. The Morgan fingerprint density at radius 1 is 2.00 bits per heavy atom. The molecule has 0 saturated heterocycles. The second-order valence-corrected chi connectivity index (χ2v) is 2.31. The van der Waals surface area contributed by atoms with Gasteiger partial charge in [0.25, 0.3) is 2.86 Å². The van der Waals surface area contributed by atoms with Gasteiger partial charge in [0.1, 0.15) is 14.6 Å². The number of hydrogen-bond acceptors (Lipinski definition) is 4. The van der Waals surface area contributed by atoms with Crippen LogP contribution in [0, 0.1) is 0 Å². The molecule has 1 aromatic carbocycles. The normalized spacial score (nSPS) is 22.1. The highest BCUT2D eigenvalue weighted by atomic mass is 16.4. The Balaban J connectivity index is 3.31. The molecule has 0 aliphatic carbocycles. The molecule has 1 aromatic rings. The van der Waals surface area contributed by atoms with Gasteiger partial charge in [-0.05, 0) is 24.1 Å². The standard InChI is InChI=1S/C9H11NO3/c10-8(9(12)13)5-6-2-1-3-7(11)4-6/h1-4,8,11H,5,10H2,(H,12,13)/t8-/m0/s1/i2D,4D,5D/hD4/t5?,8-. The van der Waals surface area contributed by atoms with Crippen molar-refractivity contribution in [2.75, 3.05) is 0 Å². The van der Waals surface area contributed by atoms with E-state index in [0.717, 1.165) is 0 Å². The van der Waals surface area contributed by atoms with Gasteiger partial charge in [0.2, 0.25) is 0 Å². The Bertz CT molecular complexity index is 499. The van der Waals surface area contributed by atoms with Crippen LogP contribution in [-0.2, 0) is 11.2 Å². The molecule has 2 atom stereocenters. The van der Waals surface area contributed by atoms with Crippen LogP contribution in [0.5, 0.6) is 5.75 Å². The van der Waals surface area contributed by atoms with Crippen molar-refractivity contribution in [1.29, 1.82) is 2.86 Å². The van der Waals surface area contributed by atoms with Gasteiger partial charge < -0.3 is 15.9 Å². The largest absolute Gasteiger partial charge is 0.508 e. The summed E-state index contributed by atoms with van der Waals surface area (Å²) in [5.41, 5.74) is -0.420. The first-order valence-corrected chi connectivity index (χ1v) is 3.44. The number of carboxylic acids is 1. The van der Waals surface area contributed by atoms with E-state index in [-0.39, 0.29) is 23.1 Å². The number of aliphatic carboxylic acids is 1. The lowest BCUT2D eigenvalue weighted by molar-refractivity contribution is -0.138. The molecule has 0 heterocycles. The molecule has 0 aliphatic heterocycles. The van der Waals surface area contributed by atoms with E-state index in [1.807, 2.05) is 0 Å². The van der Waals surface area contributed by atoms with Crippen LogP contribution in [0.3, 0.4) is 0 Å². The maximum absolute atomic E-state index is 11.3. The minimum Gasteiger partial charge on any atom is -0.508 e. The molecule has 0 saturated carbocycles. The average molecular weight is 188 g/mol. The van der Waals surface area contributed by atoms with Crippen molar-refractivity contribution in [3.05, 3.63) is 29.8 Å². The van der Waals surface area contributed by atoms with E-state index in [2.05, 4.69) is 10.2 Å². The van der Waals surface area contributed by atoms with Crippen LogP contribution in [0.25, 0.3) is 1.43 Å². The van der Waals surface area contributed by atoms with Crippen LogP contribution in [0.2, 0.25) is 2.82 Å². The van der Waals surface area contributed by atoms with Crippen LogP contribution in [0.4, 0.5) is 0 Å². The summed E-state index contributed by atoms with van der Waals surface area (Å²) in [6.07, 6.45) is -1.68. The first-order valence-electron chi connectivity index (χ1n) is 6.73. The molecule has 4 N–H and O–H groups in total. The average Bonchev–Trinajstić information content (AvgIpc) is 2.38. The van der Waals surface area contributed by atoms with Gasteiger partial charge >= 0.3 is 5.97 Å². The predicted octanol–water partition coefficient (Wildman–Crippen LogP) is 0.347. The van der Waals surface area contributed by atoms with E-state index in [4.69, 9.17) is 9.80 Å². The van der Waals surface area contributed by atoms with Gasteiger partial charge in [-0.3, -0.25) is 4.79 Å². The summed E-state index contributed by atoms with van der Waals surface area (Å²) < 4.78 is 50.7. The van der Waals surface area contributed by atoms with Gasteiger partial charge in [0.15, 0.2) is 0 Å². The Hall–Kier alpha value is -1.55. The molecule has 0 fully saturated rings. The third-order valence-electron chi connectivity index (χ3n) is 1.30. The number of aromatic hydroxyl groups is 1. The molecule has 0 bridgehead atoms. The molecule has 0 radical (unpaired) electrons. The molecule has 0 amide bonds. The van der Waals surface area contributed by atoms with E-state index < -0.39 is 24.5 Å². The SMILES string of the molecule is [2H]OC(=O)[C@H](C([2H])c1c([2H])ccc(O[2H])c1[2H])N([2H])[2H]. The molecular weight excluding hydrogens is 170 g/mol. The van der Waals surface area contributed by atoms with E-state index in [0.29, 0.717) is 0 Å². The fourth-order valence-electron chi connectivity index (χ4n) is 0.733. The van der Waals surface area contributed by atoms with Crippen molar-refractivity contribution < 1.29 is 21.9 Å². The molecule has 0 aliphatic rings. The maximum Gasteiger partial charge on any atom is 0.320 e. The number of benzene rings is 1. The maximum atomic E-state index is 11.3. The minimum absolute atomic E-state index is 0.123. The third-order valence-corrected chi connectivity index (χ3v) is 1.30. The van der Waals surface area contributed by atoms with Gasteiger partial charge in [-0.25, -0.2) is 0 Å². The summed E-state index contributed by atoms with van der Waals surface area (Å²) in [5, 5.41) is 7.82. The van der Waals surface area contributed by atoms with Crippen LogP contribution in [-0.4, -0.2) is 23.7 Å². The number of nitrogens with two attached hydrogens (primary N) is 1. The highest BCUT2D eigenvalue weighted by Gasteiger charge is 2.11. The lowest BCUT2D eigenvalue weighted by atomic mass is 10.1. The number of rotatable bonds is 5. The Morgan fingerprint density at radius 3 is 3.62 bits per heavy atom. The lowest BCUT2D eigenvalue weighted by Crippen LogP contribution is -2.32. The van der Waals surface area contributed by atoms with Crippen molar-refractivity contribution >= 4 is 5.97 Å². The summed E-state index contributed by atoms with van der Waals surface area (Å²) in [6.45, 7) is 0. The second-order valence-electron chi connectivity index (χ2n) is 2.31. The second kappa shape index (κ2) is 3.91. The smallest absolute Gasteiger partial charge is 0.320 e. The monoisotopic (exact) mass is 188 g/mol. The van der Waals surface area contributed by atoms with Crippen LogP contribution < -0.4 is 5.72 Å². The lowest BCUT2D eigenvalue weighted by Gasteiger charge is -2.05. The van der Waals surface area contributed by atoms with Crippen molar-refractivity contribution in [1.82, 2.24) is 0 Å². The molecule has 1 rings (SSSR count).